The van der Waals surface area contributed by atoms with Crippen LogP contribution in [0.4, 0.5) is 0 Å². The maximum Gasteiger partial charge on any atom is 0.246 e. The number of methoxy groups -OCH3 is 1. The van der Waals surface area contributed by atoms with E-state index in [1.54, 1.807) is 17.0 Å². The lowest BCUT2D eigenvalue weighted by Gasteiger charge is -2.35. The number of likely N-dealkylation sites (N-methyl/N-ethyl adjacent to an activating group) is 1. The molecule has 32 heavy (non-hydrogen) atoms. The summed E-state index contributed by atoms with van der Waals surface area (Å²) in [5, 5.41) is 0. The predicted octanol–water partition coefficient (Wildman–Crippen LogP) is 2.78. The Morgan fingerprint density at radius 3 is 2.31 bits per heavy atom. The van der Waals surface area contributed by atoms with E-state index >= 15 is 0 Å². The Bertz CT molecular complexity index is 1020. The van der Waals surface area contributed by atoms with E-state index in [1.165, 1.54) is 19.7 Å². The first-order valence-corrected chi connectivity index (χ1v) is 12.3. The largest absolute Gasteiger partial charge is 0.495 e. The molecular weight excluding hydrogens is 426 g/mol. The lowest BCUT2D eigenvalue weighted by Crippen LogP contribution is -2.51. The van der Waals surface area contributed by atoms with Crippen molar-refractivity contribution in [2.24, 2.45) is 0 Å². The molecule has 1 fully saturated rings. The van der Waals surface area contributed by atoms with Crippen molar-refractivity contribution < 1.29 is 17.9 Å². The third-order valence-corrected chi connectivity index (χ3v) is 7.70. The SMILES string of the molecule is COc1ccc(C(C)C)cc1S(=O)(=O)N(C)CC(=O)N1CCN(Cc2ccccc2)CC1. The monoisotopic (exact) mass is 459 g/mol. The van der Waals surface area contributed by atoms with Crippen LogP contribution in [0.2, 0.25) is 0 Å². The van der Waals surface area contributed by atoms with Gasteiger partial charge < -0.3 is 9.64 Å². The fourth-order valence-corrected chi connectivity index (χ4v) is 5.10. The molecule has 2 aromatic carbocycles. The van der Waals surface area contributed by atoms with Gasteiger partial charge in [0.05, 0.1) is 13.7 Å². The summed E-state index contributed by atoms with van der Waals surface area (Å²) in [6, 6.07) is 15.4. The summed E-state index contributed by atoms with van der Waals surface area (Å²) in [6.45, 7) is 7.37. The van der Waals surface area contributed by atoms with Crippen LogP contribution in [0.1, 0.15) is 30.9 Å². The minimum absolute atomic E-state index is 0.0918. The van der Waals surface area contributed by atoms with E-state index in [9.17, 15) is 13.2 Å². The van der Waals surface area contributed by atoms with Gasteiger partial charge in [-0.05, 0) is 29.2 Å². The molecular formula is C24H33N3O4S. The average Bonchev–Trinajstić information content (AvgIpc) is 2.79. The Hall–Kier alpha value is -2.42. The van der Waals surface area contributed by atoms with Gasteiger partial charge >= 0.3 is 0 Å². The standard InChI is InChI=1S/C24H33N3O4S/c1-19(2)21-10-11-22(31-4)23(16-21)32(29,30)25(3)18-24(28)27-14-12-26(13-15-27)17-20-8-6-5-7-9-20/h5-11,16,19H,12-15,17-18H2,1-4H3. The summed E-state index contributed by atoms with van der Waals surface area (Å²) < 4.78 is 32.9. The van der Waals surface area contributed by atoms with Crippen molar-refractivity contribution in [1.82, 2.24) is 14.1 Å². The fourth-order valence-electron chi connectivity index (χ4n) is 3.79. The maximum atomic E-state index is 13.2. The number of nitrogens with zero attached hydrogens (tertiary/aromatic N) is 3. The number of carbonyl (C=O) groups is 1. The van der Waals surface area contributed by atoms with Gasteiger partial charge in [-0.3, -0.25) is 9.69 Å². The van der Waals surface area contributed by atoms with E-state index in [2.05, 4.69) is 17.0 Å². The third-order valence-electron chi connectivity index (χ3n) is 5.87. The Kier molecular flexibility index (Phi) is 7.92. The number of ether oxygens (including phenoxy) is 1. The summed E-state index contributed by atoms with van der Waals surface area (Å²) in [5.74, 6) is 0.270. The quantitative estimate of drug-likeness (QED) is 0.607. The first-order chi connectivity index (χ1) is 15.2. The van der Waals surface area contributed by atoms with Gasteiger partial charge in [-0.2, -0.15) is 4.31 Å². The molecule has 1 saturated heterocycles. The van der Waals surface area contributed by atoms with Gasteiger partial charge in [0.1, 0.15) is 10.6 Å². The second kappa shape index (κ2) is 10.5. The highest BCUT2D eigenvalue weighted by molar-refractivity contribution is 7.89. The van der Waals surface area contributed by atoms with Crippen LogP contribution in [0, 0.1) is 0 Å². The van der Waals surface area contributed by atoms with Crippen LogP contribution < -0.4 is 4.74 Å². The Balaban J connectivity index is 1.62. The number of rotatable bonds is 8. The topological polar surface area (TPSA) is 70.2 Å². The van der Waals surface area contributed by atoms with Crippen molar-refractivity contribution >= 4 is 15.9 Å². The molecule has 0 atom stereocenters. The molecule has 1 heterocycles. The van der Waals surface area contributed by atoms with Crippen LogP contribution in [0.3, 0.4) is 0 Å². The average molecular weight is 460 g/mol. The first kappa shape index (κ1) is 24.2. The number of carbonyl (C=O) groups excluding carboxylic acids is 1. The molecule has 0 unspecified atom stereocenters. The zero-order valence-corrected chi connectivity index (χ0v) is 20.1. The van der Waals surface area contributed by atoms with Gasteiger partial charge in [-0.25, -0.2) is 8.42 Å². The summed E-state index contributed by atoms with van der Waals surface area (Å²) in [6.07, 6.45) is 0. The lowest BCUT2D eigenvalue weighted by atomic mass is 10.0. The second-order valence-corrected chi connectivity index (χ2v) is 10.5. The molecule has 0 spiro atoms. The van der Waals surface area contributed by atoms with E-state index in [-0.39, 0.29) is 29.0 Å². The van der Waals surface area contributed by atoms with Crippen LogP contribution in [-0.2, 0) is 21.4 Å². The van der Waals surface area contributed by atoms with E-state index in [4.69, 9.17) is 4.74 Å². The van der Waals surface area contributed by atoms with Crippen molar-refractivity contribution in [2.45, 2.75) is 31.2 Å². The number of hydrogen-bond acceptors (Lipinski definition) is 5. The van der Waals surface area contributed by atoms with Gasteiger partial charge in [0, 0.05) is 39.8 Å². The summed E-state index contributed by atoms with van der Waals surface area (Å²) in [5.41, 5.74) is 2.15. The Labute approximate surface area is 191 Å². The molecule has 174 valence electrons. The van der Waals surface area contributed by atoms with E-state index in [0.29, 0.717) is 13.1 Å². The zero-order chi connectivity index (χ0) is 23.3. The molecule has 8 heteroatoms. The van der Waals surface area contributed by atoms with Gasteiger partial charge in [0.25, 0.3) is 0 Å². The summed E-state index contributed by atoms with van der Waals surface area (Å²) >= 11 is 0. The second-order valence-electron chi connectivity index (χ2n) is 8.47. The number of benzene rings is 2. The molecule has 2 aromatic rings. The highest BCUT2D eigenvalue weighted by Crippen LogP contribution is 2.30. The molecule has 1 amide bonds. The molecule has 3 rings (SSSR count). The van der Waals surface area contributed by atoms with Crippen LogP contribution >= 0.6 is 0 Å². The lowest BCUT2D eigenvalue weighted by molar-refractivity contribution is -0.133. The summed E-state index contributed by atoms with van der Waals surface area (Å²) in [4.78, 5) is 17.0. The number of amides is 1. The number of sulfonamides is 1. The zero-order valence-electron chi connectivity index (χ0n) is 19.3. The van der Waals surface area contributed by atoms with Gasteiger partial charge in [-0.15, -0.1) is 0 Å². The molecule has 0 aliphatic carbocycles. The van der Waals surface area contributed by atoms with Gasteiger partial charge in [-0.1, -0.05) is 50.2 Å². The van der Waals surface area contributed by atoms with Crippen LogP contribution in [0.5, 0.6) is 5.75 Å². The van der Waals surface area contributed by atoms with Crippen molar-refractivity contribution in [2.75, 3.05) is 46.9 Å². The molecule has 1 aliphatic rings. The Morgan fingerprint density at radius 1 is 1.06 bits per heavy atom. The molecule has 0 aromatic heterocycles. The van der Waals surface area contributed by atoms with Gasteiger partial charge in [0.15, 0.2) is 0 Å². The van der Waals surface area contributed by atoms with Crippen molar-refractivity contribution in [3.8, 4) is 5.75 Å². The van der Waals surface area contributed by atoms with Crippen molar-refractivity contribution in [1.29, 1.82) is 0 Å². The normalized spacial score (nSPS) is 15.4. The van der Waals surface area contributed by atoms with E-state index < -0.39 is 10.0 Å². The number of hydrogen-bond donors (Lipinski definition) is 0. The molecule has 0 saturated carbocycles. The highest BCUT2D eigenvalue weighted by Gasteiger charge is 2.29. The van der Waals surface area contributed by atoms with Crippen LogP contribution in [0.15, 0.2) is 53.4 Å². The van der Waals surface area contributed by atoms with E-state index in [1.807, 2.05) is 38.1 Å². The van der Waals surface area contributed by atoms with Crippen molar-refractivity contribution in [3.63, 3.8) is 0 Å². The molecule has 1 aliphatic heterocycles. The van der Waals surface area contributed by atoms with E-state index in [0.717, 1.165) is 29.5 Å². The van der Waals surface area contributed by atoms with Crippen LogP contribution in [0.25, 0.3) is 0 Å². The van der Waals surface area contributed by atoms with Gasteiger partial charge in [0.2, 0.25) is 15.9 Å². The minimum Gasteiger partial charge on any atom is -0.495 e. The maximum absolute atomic E-state index is 13.2. The minimum atomic E-state index is -3.87. The predicted molar refractivity (Wildman–Crippen MR) is 125 cm³/mol. The summed E-state index contributed by atoms with van der Waals surface area (Å²) in [7, 11) is -0.980. The van der Waals surface area contributed by atoms with Crippen LogP contribution in [-0.4, -0.2) is 75.3 Å². The fraction of sp³-hybridized carbons (Fsp3) is 0.458. The smallest absolute Gasteiger partial charge is 0.246 e. The first-order valence-electron chi connectivity index (χ1n) is 10.9. The van der Waals surface area contributed by atoms with Crippen molar-refractivity contribution in [3.05, 3.63) is 59.7 Å². The highest BCUT2D eigenvalue weighted by atomic mass is 32.2. The number of piperazine rings is 1. The molecule has 0 radical (unpaired) electrons. The molecule has 7 nitrogen and oxygen atoms in total. The third kappa shape index (κ3) is 5.68. The Morgan fingerprint density at radius 2 is 1.72 bits per heavy atom. The molecule has 0 bridgehead atoms. The molecule has 0 N–H and O–H groups in total.